The highest BCUT2D eigenvalue weighted by molar-refractivity contribution is 6.42. The predicted molar refractivity (Wildman–Crippen MR) is 101 cm³/mol. The highest BCUT2D eigenvalue weighted by Crippen LogP contribution is 2.25. The zero-order valence-corrected chi connectivity index (χ0v) is 15.1. The lowest BCUT2D eigenvalue weighted by atomic mass is 10.3. The van der Waals surface area contributed by atoms with Crippen molar-refractivity contribution in [3.05, 3.63) is 75.9 Å². The summed E-state index contributed by atoms with van der Waals surface area (Å²) in [5.74, 6) is 0.0759. The van der Waals surface area contributed by atoms with Gasteiger partial charge < -0.3 is 10.6 Å². The van der Waals surface area contributed by atoms with Crippen LogP contribution in [0, 0.1) is 12.7 Å². The average Bonchev–Trinajstić information content (AvgIpc) is 2.60. The second-order valence-corrected chi connectivity index (χ2v) is 6.21. The zero-order chi connectivity index (χ0) is 18.7. The van der Waals surface area contributed by atoms with Gasteiger partial charge >= 0.3 is 0 Å². The first-order valence-corrected chi connectivity index (χ1v) is 8.31. The van der Waals surface area contributed by atoms with Gasteiger partial charge in [-0.25, -0.2) is 14.4 Å². The number of nitrogens with zero attached hydrogens (tertiary/aromatic N) is 2. The van der Waals surface area contributed by atoms with E-state index in [1.165, 1.54) is 18.2 Å². The van der Waals surface area contributed by atoms with Gasteiger partial charge in [0.05, 0.1) is 10.0 Å². The summed E-state index contributed by atoms with van der Waals surface area (Å²) in [6, 6.07) is 12.1. The quantitative estimate of drug-likeness (QED) is 0.640. The number of rotatable bonds is 4. The number of aromatic nitrogens is 2. The second-order valence-electron chi connectivity index (χ2n) is 5.40. The molecule has 132 valence electrons. The molecule has 0 aliphatic heterocycles. The van der Waals surface area contributed by atoms with E-state index in [4.69, 9.17) is 23.2 Å². The van der Waals surface area contributed by atoms with Crippen LogP contribution in [0.2, 0.25) is 10.0 Å². The van der Waals surface area contributed by atoms with Gasteiger partial charge in [-0.15, -0.1) is 0 Å². The minimum Gasteiger partial charge on any atom is -0.340 e. The Labute approximate surface area is 159 Å². The third-order valence-corrected chi connectivity index (χ3v) is 4.10. The Morgan fingerprint density at radius 1 is 0.962 bits per heavy atom. The fourth-order valence-electron chi connectivity index (χ4n) is 2.20. The third-order valence-electron chi connectivity index (χ3n) is 3.36. The number of amides is 1. The minimum atomic E-state index is -0.420. The molecule has 0 unspecified atom stereocenters. The molecule has 8 heteroatoms. The lowest BCUT2D eigenvalue weighted by Gasteiger charge is -2.10. The summed E-state index contributed by atoms with van der Waals surface area (Å²) >= 11 is 11.8. The molecule has 3 rings (SSSR count). The van der Waals surface area contributed by atoms with Gasteiger partial charge in [0.25, 0.3) is 5.91 Å². The van der Waals surface area contributed by atoms with Gasteiger partial charge in [0.15, 0.2) is 0 Å². The van der Waals surface area contributed by atoms with Gasteiger partial charge in [0.2, 0.25) is 0 Å². The molecule has 2 N–H and O–H groups in total. The Kier molecular flexibility index (Phi) is 5.35. The molecule has 0 fully saturated rings. The van der Waals surface area contributed by atoms with Crippen molar-refractivity contribution in [3.63, 3.8) is 0 Å². The van der Waals surface area contributed by atoms with Crippen LogP contribution < -0.4 is 10.6 Å². The molecule has 3 aromatic rings. The number of aryl methyl sites for hydroxylation is 1. The van der Waals surface area contributed by atoms with Gasteiger partial charge in [-0.3, -0.25) is 4.79 Å². The Bertz CT molecular complexity index is 964. The van der Waals surface area contributed by atoms with E-state index in [1.807, 2.05) is 0 Å². The molecule has 0 spiro atoms. The SMILES string of the molecule is Cc1nc(Nc2ccc(F)cc2)cc(C(=O)Nc2ccc(Cl)c(Cl)c2)n1. The highest BCUT2D eigenvalue weighted by Gasteiger charge is 2.12. The van der Waals surface area contributed by atoms with Crippen LogP contribution in [0.4, 0.5) is 21.6 Å². The van der Waals surface area contributed by atoms with E-state index >= 15 is 0 Å². The maximum atomic E-state index is 13.0. The van der Waals surface area contributed by atoms with Crippen molar-refractivity contribution >= 4 is 46.3 Å². The monoisotopic (exact) mass is 390 g/mol. The highest BCUT2D eigenvalue weighted by atomic mass is 35.5. The normalized spacial score (nSPS) is 10.5. The fourth-order valence-corrected chi connectivity index (χ4v) is 2.50. The molecular weight excluding hydrogens is 378 g/mol. The fraction of sp³-hybridized carbons (Fsp3) is 0.0556. The molecule has 0 atom stereocenters. The topological polar surface area (TPSA) is 66.9 Å². The van der Waals surface area contributed by atoms with Gasteiger partial charge in [0, 0.05) is 17.4 Å². The molecule has 0 aliphatic carbocycles. The molecule has 0 aliphatic rings. The Hall–Kier alpha value is -2.70. The average molecular weight is 391 g/mol. The summed E-state index contributed by atoms with van der Waals surface area (Å²) in [5.41, 5.74) is 1.31. The van der Waals surface area contributed by atoms with E-state index < -0.39 is 5.91 Å². The summed E-state index contributed by atoms with van der Waals surface area (Å²) in [7, 11) is 0. The van der Waals surface area contributed by atoms with E-state index in [9.17, 15) is 9.18 Å². The molecule has 2 aromatic carbocycles. The predicted octanol–water partition coefficient (Wildman–Crippen LogP) is 5.23. The first-order chi connectivity index (χ1) is 12.4. The van der Waals surface area contributed by atoms with Crippen molar-refractivity contribution in [2.75, 3.05) is 10.6 Å². The lowest BCUT2D eigenvalue weighted by molar-refractivity contribution is 0.102. The van der Waals surface area contributed by atoms with Crippen LogP contribution in [-0.4, -0.2) is 15.9 Å². The third kappa shape index (κ3) is 4.47. The number of anilines is 3. The molecule has 1 aromatic heterocycles. The largest absolute Gasteiger partial charge is 0.340 e. The lowest BCUT2D eigenvalue weighted by Crippen LogP contribution is -2.15. The molecule has 0 saturated heterocycles. The van der Waals surface area contributed by atoms with Crippen molar-refractivity contribution in [1.82, 2.24) is 9.97 Å². The first kappa shape index (κ1) is 18.1. The van der Waals surface area contributed by atoms with Crippen LogP contribution in [0.15, 0.2) is 48.5 Å². The van der Waals surface area contributed by atoms with E-state index in [0.717, 1.165) is 0 Å². The Morgan fingerprint density at radius 2 is 1.65 bits per heavy atom. The molecule has 26 heavy (non-hydrogen) atoms. The van der Waals surface area contributed by atoms with Gasteiger partial charge in [-0.1, -0.05) is 23.2 Å². The number of carbonyl (C=O) groups is 1. The second kappa shape index (κ2) is 7.68. The maximum absolute atomic E-state index is 13.0. The standard InChI is InChI=1S/C18H13Cl2FN4O/c1-10-22-16(18(26)25-13-6-7-14(19)15(20)8-13)9-17(23-10)24-12-4-2-11(21)3-5-12/h2-9H,1H3,(H,25,26)(H,22,23,24). The van der Waals surface area contributed by atoms with Gasteiger partial charge in [0.1, 0.15) is 23.2 Å². The smallest absolute Gasteiger partial charge is 0.274 e. The van der Waals surface area contributed by atoms with E-state index in [1.54, 1.807) is 37.3 Å². The summed E-state index contributed by atoms with van der Waals surface area (Å²) in [5, 5.41) is 6.45. The van der Waals surface area contributed by atoms with Crippen LogP contribution >= 0.6 is 23.2 Å². The Morgan fingerprint density at radius 3 is 2.35 bits per heavy atom. The number of carbonyl (C=O) groups excluding carboxylic acids is 1. The van der Waals surface area contributed by atoms with Gasteiger partial charge in [-0.05, 0) is 49.4 Å². The van der Waals surface area contributed by atoms with E-state index in [0.29, 0.717) is 33.1 Å². The van der Waals surface area contributed by atoms with E-state index in [-0.39, 0.29) is 11.5 Å². The van der Waals surface area contributed by atoms with Crippen LogP contribution in [-0.2, 0) is 0 Å². The van der Waals surface area contributed by atoms with E-state index in [2.05, 4.69) is 20.6 Å². The van der Waals surface area contributed by atoms with Crippen molar-refractivity contribution in [3.8, 4) is 0 Å². The maximum Gasteiger partial charge on any atom is 0.274 e. The zero-order valence-electron chi connectivity index (χ0n) is 13.6. The Balaban J connectivity index is 1.80. The number of nitrogens with one attached hydrogen (secondary N) is 2. The van der Waals surface area contributed by atoms with Gasteiger partial charge in [-0.2, -0.15) is 0 Å². The molecule has 1 amide bonds. The van der Waals surface area contributed by atoms with Crippen LogP contribution in [0.5, 0.6) is 0 Å². The van der Waals surface area contributed by atoms with Crippen molar-refractivity contribution in [2.45, 2.75) is 6.92 Å². The van der Waals surface area contributed by atoms with Crippen molar-refractivity contribution in [1.29, 1.82) is 0 Å². The first-order valence-electron chi connectivity index (χ1n) is 7.55. The number of benzene rings is 2. The van der Waals surface area contributed by atoms with Crippen LogP contribution in [0.25, 0.3) is 0 Å². The molecule has 1 heterocycles. The molecule has 0 bridgehead atoms. The summed E-state index contributed by atoms with van der Waals surface area (Å²) in [6.07, 6.45) is 0. The summed E-state index contributed by atoms with van der Waals surface area (Å²) < 4.78 is 13.0. The molecular formula is C18H13Cl2FN4O. The van der Waals surface area contributed by atoms with Crippen LogP contribution in [0.3, 0.4) is 0 Å². The summed E-state index contributed by atoms with van der Waals surface area (Å²) in [4.78, 5) is 20.8. The minimum absolute atomic E-state index is 0.174. The van der Waals surface area contributed by atoms with Crippen molar-refractivity contribution in [2.24, 2.45) is 0 Å². The number of hydrogen-bond acceptors (Lipinski definition) is 4. The van der Waals surface area contributed by atoms with Crippen molar-refractivity contribution < 1.29 is 9.18 Å². The molecule has 0 radical (unpaired) electrons. The van der Waals surface area contributed by atoms with Crippen LogP contribution in [0.1, 0.15) is 16.3 Å². The number of hydrogen-bond donors (Lipinski definition) is 2. The molecule has 0 saturated carbocycles. The number of halogens is 3. The summed E-state index contributed by atoms with van der Waals surface area (Å²) in [6.45, 7) is 1.67. The molecule has 5 nitrogen and oxygen atoms in total.